The normalized spacial score (nSPS) is 9.10. The smallest absolute Gasteiger partial charge is 0.281 e. The molecule has 0 saturated carbocycles. The zero-order valence-corrected chi connectivity index (χ0v) is 6.35. The molecule has 0 unspecified atom stereocenters. The summed E-state index contributed by atoms with van der Waals surface area (Å²) in [4.78, 5) is 12.1. The Labute approximate surface area is 60.3 Å². The predicted molar refractivity (Wildman–Crippen MR) is 38.2 cm³/mol. The third-order valence-corrected chi connectivity index (χ3v) is 1.28. The van der Waals surface area contributed by atoms with Gasteiger partial charge in [-0.15, -0.1) is 0 Å². The van der Waals surface area contributed by atoms with Gasteiger partial charge in [0, 0.05) is 13.1 Å². The van der Waals surface area contributed by atoms with Gasteiger partial charge < -0.3 is 4.90 Å². The molecule has 0 atom stereocenters. The molecule has 0 aliphatic rings. The molecule has 0 aromatic rings. The minimum atomic E-state index is -0.885. The molecule has 2 nitrogen and oxygen atoms in total. The largest absolute Gasteiger partial charge is 0.337 e. The summed E-state index contributed by atoms with van der Waals surface area (Å²) in [5, 5.41) is 0. The fraction of sp³-hybridized carbons (Fsp3) is 0.571. The van der Waals surface area contributed by atoms with E-state index in [1.807, 2.05) is 0 Å². The van der Waals surface area contributed by atoms with Crippen LogP contribution in [0, 0.1) is 0 Å². The van der Waals surface area contributed by atoms with Gasteiger partial charge in [0.2, 0.25) is 0 Å². The lowest BCUT2D eigenvalue weighted by Crippen LogP contribution is -2.30. The van der Waals surface area contributed by atoms with Crippen molar-refractivity contribution in [3.63, 3.8) is 0 Å². The molecule has 0 fully saturated rings. The number of carbonyl (C=O) groups is 1. The molecule has 0 saturated heterocycles. The molecule has 0 aliphatic carbocycles. The molecule has 0 bridgehead atoms. The zero-order valence-electron chi connectivity index (χ0n) is 6.35. The number of rotatable bonds is 3. The summed E-state index contributed by atoms with van der Waals surface area (Å²) in [6, 6.07) is 0. The number of amides is 1. The van der Waals surface area contributed by atoms with Crippen LogP contribution in [-0.4, -0.2) is 23.9 Å². The van der Waals surface area contributed by atoms with Crippen LogP contribution in [0.25, 0.3) is 0 Å². The second-order valence-electron chi connectivity index (χ2n) is 1.88. The number of hydrogen-bond donors (Lipinski definition) is 0. The van der Waals surface area contributed by atoms with Crippen molar-refractivity contribution in [2.45, 2.75) is 13.8 Å². The molecule has 3 heteroatoms. The summed E-state index contributed by atoms with van der Waals surface area (Å²) in [5.41, 5.74) is 0. The van der Waals surface area contributed by atoms with E-state index in [2.05, 4.69) is 6.58 Å². The van der Waals surface area contributed by atoms with E-state index in [0.29, 0.717) is 13.1 Å². The van der Waals surface area contributed by atoms with E-state index < -0.39 is 11.7 Å². The van der Waals surface area contributed by atoms with Crippen molar-refractivity contribution in [3.8, 4) is 0 Å². The summed E-state index contributed by atoms with van der Waals surface area (Å²) in [6.45, 7) is 7.56. The van der Waals surface area contributed by atoms with Gasteiger partial charge in [-0.3, -0.25) is 4.79 Å². The van der Waals surface area contributed by atoms with Crippen LogP contribution < -0.4 is 0 Å². The molecule has 0 heterocycles. The van der Waals surface area contributed by atoms with E-state index in [-0.39, 0.29) is 0 Å². The average Bonchev–Trinajstić information content (AvgIpc) is 1.90. The van der Waals surface area contributed by atoms with Gasteiger partial charge in [-0.1, -0.05) is 6.58 Å². The molecular weight excluding hydrogens is 133 g/mol. The Balaban J connectivity index is 4.02. The Bertz CT molecular complexity index is 141. The van der Waals surface area contributed by atoms with E-state index in [9.17, 15) is 9.18 Å². The number of carbonyl (C=O) groups excluding carboxylic acids is 1. The van der Waals surface area contributed by atoms with Gasteiger partial charge in [0.15, 0.2) is 5.83 Å². The van der Waals surface area contributed by atoms with Crippen molar-refractivity contribution in [1.82, 2.24) is 4.90 Å². The third-order valence-electron chi connectivity index (χ3n) is 1.28. The Kier molecular flexibility index (Phi) is 3.69. The van der Waals surface area contributed by atoms with Crippen molar-refractivity contribution >= 4 is 5.91 Å². The standard InChI is InChI=1S/C7H12FNO/c1-4-9(5-2)7(10)6(3)8/h3-5H2,1-2H3. The van der Waals surface area contributed by atoms with E-state index in [1.54, 1.807) is 13.8 Å². The maximum atomic E-state index is 12.1. The van der Waals surface area contributed by atoms with Crippen LogP contribution in [0.4, 0.5) is 4.39 Å². The van der Waals surface area contributed by atoms with Crippen LogP contribution in [0.1, 0.15) is 13.8 Å². The Morgan fingerprint density at radius 2 is 1.90 bits per heavy atom. The van der Waals surface area contributed by atoms with Crippen molar-refractivity contribution in [2.24, 2.45) is 0 Å². The number of nitrogens with zero attached hydrogens (tertiary/aromatic N) is 1. The van der Waals surface area contributed by atoms with Crippen LogP contribution in [-0.2, 0) is 4.79 Å². The molecular formula is C7H12FNO. The minimum absolute atomic E-state index is 0.526. The average molecular weight is 145 g/mol. The second kappa shape index (κ2) is 4.04. The van der Waals surface area contributed by atoms with Gasteiger partial charge >= 0.3 is 0 Å². The molecule has 0 aromatic carbocycles. The third kappa shape index (κ3) is 2.17. The molecule has 0 aromatic heterocycles. The Morgan fingerprint density at radius 1 is 1.50 bits per heavy atom. The summed E-state index contributed by atoms with van der Waals surface area (Å²) < 4.78 is 12.1. The monoisotopic (exact) mass is 145 g/mol. The summed E-state index contributed by atoms with van der Waals surface area (Å²) in [6.07, 6.45) is 0. The van der Waals surface area contributed by atoms with Crippen LogP contribution in [0.5, 0.6) is 0 Å². The number of likely N-dealkylation sites (N-methyl/N-ethyl adjacent to an activating group) is 1. The van der Waals surface area contributed by atoms with Gasteiger partial charge in [0.25, 0.3) is 5.91 Å². The highest BCUT2D eigenvalue weighted by Gasteiger charge is 2.11. The van der Waals surface area contributed by atoms with Crippen molar-refractivity contribution in [2.75, 3.05) is 13.1 Å². The van der Waals surface area contributed by atoms with Gasteiger partial charge in [0.05, 0.1) is 0 Å². The Hall–Kier alpha value is -0.860. The van der Waals surface area contributed by atoms with E-state index in [1.165, 1.54) is 4.90 Å². The molecule has 0 aliphatic heterocycles. The quantitative estimate of drug-likeness (QED) is 0.549. The SMILES string of the molecule is C=C(F)C(=O)N(CC)CC. The van der Waals surface area contributed by atoms with Crippen LogP contribution in [0.2, 0.25) is 0 Å². The lowest BCUT2D eigenvalue weighted by molar-refractivity contribution is -0.128. The lowest BCUT2D eigenvalue weighted by atomic mass is 10.4. The molecule has 0 rings (SSSR count). The first-order valence-electron chi connectivity index (χ1n) is 3.27. The molecule has 0 spiro atoms. The van der Waals surface area contributed by atoms with Gasteiger partial charge in [0.1, 0.15) is 0 Å². The van der Waals surface area contributed by atoms with E-state index >= 15 is 0 Å². The summed E-state index contributed by atoms with van der Waals surface area (Å²) in [7, 11) is 0. The zero-order chi connectivity index (χ0) is 8.15. The summed E-state index contributed by atoms with van der Waals surface area (Å²) in [5.74, 6) is -1.49. The minimum Gasteiger partial charge on any atom is -0.337 e. The highest BCUT2D eigenvalue weighted by atomic mass is 19.1. The molecule has 0 N–H and O–H groups in total. The predicted octanol–water partition coefficient (Wildman–Crippen LogP) is 1.34. The second-order valence-corrected chi connectivity index (χ2v) is 1.88. The maximum absolute atomic E-state index is 12.1. The van der Waals surface area contributed by atoms with Crippen molar-refractivity contribution in [3.05, 3.63) is 12.4 Å². The Morgan fingerprint density at radius 3 is 2.00 bits per heavy atom. The maximum Gasteiger partial charge on any atom is 0.281 e. The van der Waals surface area contributed by atoms with Crippen LogP contribution in [0.15, 0.2) is 12.4 Å². The lowest BCUT2D eigenvalue weighted by Gasteiger charge is -2.16. The van der Waals surface area contributed by atoms with Gasteiger partial charge in [-0.05, 0) is 13.8 Å². The number of halogens is 1. The van der Waals surface area contributed by atoms with Crippen molar-refractivity contribution in [1.29, 1.82) is 0 Å². The van der Waals surface area contributed by atoms with Crippen molar-refractivity contribution < 1.29 is 9.18 Å². The van der Waals surface area contributed by atoms with Gasteiger partial charge in [-0.2, -0.15) is 0 Å². The highest BCUT2D eigenvalue weighted by Crippen LogP contribution is 1.99. The molecule has 1 amide bonds. The highest BCUT2D eigenvalue weighted by molar-refractivity contribution is 5.90. The fourth-order valence-electron chi connectivity index (χ4n) is 0.682. The first-order valence-corrected chi connectivity index (χ1v) is 3.27. The van der Waals surface area contributed by atoms with Crippen LogP contribution in [0.3, 0.4) is 0 Å². The molecule has 58 valence electrons. The fourth-order valence-corrected chi connectivity index (χ4v) is 0.682. The molecule has 0 radical (unpaired) electrons. The molecule has 10 heavy (non-hydrogen) atoms. The first-order chi connectivity index (χ1) is 4.63. The van der Waals surface area contributed by atoms with E-state index in [4.69, 9.17) is 0 Å². The van der Waals surface area contributed by atoms with Crippen LogP contribution >= 0.6 is 0 Å². The number of hydrogen-bond acceptors (Lipinski definition) is 1. The van der Waals surface area contributed by atoms with Gasteiger partial charge in [-0.25, -0.2) is 4.39 Å². The first kappa shape index (κ1) is 9.14. The van der Waals surface area contributed by atoms with E-state index in [0.717, 1.165) is 0 Å². The summed E-state index contributed by atoms with van der Waals surface area (Å²) >= 11 is 0. The topological polar surface area (TPSA) is 20.3 Å².